The normalized spacial score (nSPS) is 10.6. The summed E-state index contributed by atoms with van der Waals surface area (Å²) in [5.41, 5.74) is 1.13. The molecule has 0 amide bonds. The highest BCUT2D eigenvalue weighted by atomic mass is 79.9. The van der Waals surface area contributed by atoms with Gasteiger partial charge in [0.25, 0.3) is 0 Å². The van der Waals surface area contributed by atoms with Gasteiger partial charge in [0.2, 0.25) is 0 Å². The number of benzene rings is 2. The maximum atomic E-state index is 12.7. The zero-order chi connectivity index (χ0) is 15.9. The van der Waals surface area contributed by atoms with E-state index in [1.54, 1.807) is 24.3 Å². The van der Waals surface area contributed by atoms with Gasteiger partial charge in [0.05, 0.1) is 0 Å². The van der Waals surface area contributed by atoms with Crippen LogP contribution in [0.1, 0.15) is 15.9 Å². The van der Waals surface area contributed by atoms with Crippen molar-refractivity contribution in [2.75, 3.05) is 6.61 Å². The van der Waals surface area contributed by atoms with Gasteiger partial charge in [-0.15, -0.1) is 0 Å². The van der Waals surface area contributed by atoms with Crippen LogP contribution in [0.15, 0.2) is 59.1 Å². The first-order chi connectivity index (χ1) is 10.5. The molecule has 2 aromatic carbocycles. The Morgan fingerprint density at radius 2 is 1.86 bits per heavy atom. The van der Waals surface area contributed by atoms with Crippen LogP contribution in [-0.2, 0) is 9.53 Å². The molecule has 0 saturated carbocycles. The molecule has 22 heavy (non-hydrogen) atoms. The molecule has 0 aliphatic carbocycles. The SMILES string of the molecule is O=C(/C=C/c1ccc(F)cc1)OCC(=O)c1cccc(Br)c1. The fourth-order valence-electron chi connectivity index (χ4n) is 1.67. The van der Waals surface area contributed by atoms with Crippen LogP contribution in [0.25, 0.3) is 6.08 Å². The predicted molar refractivity (Wildman–Crippen MR) is 84.9 cm³/mol. The molecule has 0 aromatic heterocycles. The number of hydrogen-bond acceptors (Lipinski definition) is 3. The molecule has 0 radical (unpaired) electrons. The van der Waals surface area contributed by atoms with E-state index in [-0.39, 0.29) is 18.2 Å². The first-order valence-corrected chi connectivity index (χ1v) is 7.23. The summed E-state index contributed by atoms with van der Waals surface area (Å²) < 4.78 is 18.4. The van der Waals surface area contributed by atoms with Crippen molar-refractivity contribution in [3.63, 3.8) is 0 Å². The lowest BCUT2D eigenvalue weighted by atomic mass is 10.1. The van der Waals surface area contributed by atoms with Crippen molar-refractivity contribution in [1.29, 1.82) is 0 Å². The molecule has 2 aromatic rings. The van der Waals surface area contributed by atoms with Crippen LogP contribution in [0.5, 0.6) is 0 Å². The number of ether oxygens (including phenoxy) is 1. The minimum absolute atomic E-state index is 0.287. The Morgan fingerprint density at radius 3 is 2.55 bits per heavy atom. The largest absolute Gasteiger partial charge is 0.454 e. The standard InChI is InChI=1S/C17H12BrFO3/c18-14-3-1-2-13(10-14)16(20)11-22-17(21)9-6-12-4-7-15(19)8-5-12/h1-10H,11H2/b9-6+. The first kappa shape index (κ1) is 16.1. The minimum atomic E-state index is -0.632. The minimum Gasteiger partial charge on any atom is -0.454 e. The van der Waals surface area contributed by atoms with Crippen LogP contribution in [0.3, 0.4) is 0 Å². The molecule has 0 N–H and O–H groups in total. The average molecular weight is 363 g/mol. The quantitative estimate of drug-likeness (QED) is 0.458. The van der Waals surface area contributed by atoms with Gasteiger partial charge in [-0.2, -0.15) is 0 Å². The van der Waals surface area contributed by atoms with E-state index in [0.29, 0.717) is 11.1 Å². The van der Waals surface area contributed by atoms with Gasteiger partial charge < -0.3 is 4.74 Å². The summed E-state index contributed by atoms with van der Waals surface area (Å²) in [6.45, 7) is -0.330. The molecule has 0 aliphatic heterocycles. The fourth-order valence-corrected chi connectivity index (χ4v) is 2.07. The molecule has 0 unspecified atom stereocenters. The summed E-state index contributed by atoms with van der Waals surface area (Å²) in [5.74, 6) is -1.27. The number of halogens is 2. The molecule has 0 atom stereocenters. The number of ketones is 1. The second-order valence-corrected chi connectivity index (χ2v) is 5.34. The van der Waals surface area contributed by atoms with Gasteiger partial charge in [0.1, 0.15) is 5.82 Å². The van der Waals surface area contributed by atoms with E-state index in [1.807, 2.05) is 0 Å². The topological polar surface area (TPSA) is 43.4 Å². The van der Waals surface area contributed by atoms with Crippen LogP contribution < -0.4 is 0 Å². The lowest BCUT2D eigenvalue weighted by Crippen LogP contribution is -2.12. The third-order valence-electron chi connectivity index (χ3n) is 2.77. The summed E-state index contributed by atoms with van der Waals surface area (Å²) in [5, 5.41) is 0. The van der Waals surface area contributed by atoms with Gasteiger partial charge in [-0.1, -0.05) is 40.2 Å². The highest BCUT2D eigenvalue weighted by molar-refractivity contribution is 9.10. The van der Waals surface area contributed by atoms with Crippen molar-refractivity contribution in [2.24, 2.45) is 0 Å². The summed E-state index contributed by atoms with van der Waals surface area (Å²) >= 11 is 3.27. The van der Waals surface area contributed by atoms with Crippen molar-refractivity contribution in [3.05, 3.63) is 76.0 Å². The average Bonchev–Trinajstić information content (AvgIpc) is 2.52. The predicted octanol–water partition coefficient (Wildman–Crippen LogP) is 4.03. The molecule has 0 bridgehead atoms. The Morgan fingerprint density at radius 1 is 1.14 bits per heavy atom. The number of carbonyl (C=O) groups excluding carboxylic acids is 2. The summed E-state index contributed by atoms with van der Waals surface area (Å²) in [4.78, 5) is 23.4. The van der Waals surface area contributed by atoms with E-state index in [9.17, 15) is 14.0 Å². The van der Waals surface area contributed by atoms with Gasteiger partial charge in [-0.3, -0.25) is 4.79 Å². The van der Waals surface area contributed by atoms with Gasteiger partial charge in [0, 0.05) is 16.1 Å². The zero-order valence-electron chi connectivity index (χ0n) is 11.5. The molecule has 0 aliphatic rings. The van der Waals surface area contributed by atoms with Crippen LogP contribution in [0, 0.1) is 5.82 Å². The molecule has 5 heteroatoms. The number of Topliss-reactive ketones (excluding diaryl/α,β-unsaturated/α-hetero) is 1. The van der Waals surface area contributed by atoms with Crippen molar-refractivity contribution in [2.45, 2.75) is 0 Å². The number of hydrogen-bond donors (Lipinski definition) is 0. The lowest BCUT2D eigenvalue weighted by Gasteiger charge is -2.02. The van der Waals surface area contributed by atoms with Crippen LogP contribution in [0.2, 0.25) is 0 Å². The maximum absolute atomic E-state index is 12.7. The molecule has 0 fully saturated rings. The Hall–Kier alpha value is -2.27. The summed E-state index contributed by atoms with van der Waals surface area (Å²) in [6.07, 6.45) is 2.69. The zero-order valence-corrected chi connectivity index (χ0v) is 13.0. The van der Waals surface area contributed by atoms with Gasteiger partial charge in [-0.05, 0) is 35.9 Å². The van der Waals surface area contributed by atoms with Crippen molar-refractivity contribution in [3.8, 4) is 0 Å². The van der Waals surface area contributed by atoms with E-state index < -0.39 is 5.97 Å². The summed E-state index contributed by atoms with van der Waals surface area (Å²) in [6, 6.07) is 12.5. The molecule has 2 rings (SSSR count). The van der Waals surface area contributed by atoms with Crippen molar-refractivity contribution < 1.29 is 18.7 Å². The highest BCUT2D eigenvalue weighted by Gasteiger charge is 2.08. The number of esters is 1. The Kier molecular flexibility index (Phi) is 5.61. The summed E-state index contributed by atoms with van der Waals surface area (Å²) in [7, 11) is 0. The van der Waals surface area contributed by atoms with Crippen molar-refractivity contribution >= 4 is 33.8 Å². The fraction of sp³-hybridized carbons (Fsp3) is 0.0588. The van der Waals surface area contributed by atoms with E-state index in [4.69, 9.17) is 4.74 Å². The monoisotopic (exact) mass is 362 g/mol. The van der Waals surface area contributed by atoms with Crippen molar-refractivity contribution in [1.82, 2.24) is 0 Å². The third-order valence-corrected chi connectivity index (χ3v) is 3.27. The van der Waals surface area contributed by atoms with E-state index in [2.05, 4.69) is 15.9 Å². The molecule has 0 saturated heterocycles. The second-order valence-electron chi connectivity index (χ2n) is 4.43. The highest BCUT2D eigenvalue weighted by Crippen LogP contribution is 2.12. The molecule has 112 valence electrons. The lowest BCUT2D eigenvalue weighted by molar-refractivity contribution is -0.136. The third kappa shape index (κ3) is 4.93. The Labute approximate surface area is 135 Å². The molecule has 0 heterocycles. The van der Waals surface area contributed by atoms with E-state index >= 15 is 0 Å². The number of carbonyl (C=O) groups is 2. The second kappa shape index (κ2) is 7.66. The van der Waals surface area contributed by atoms with Gasteiger partial charge in [-0.25, -0.2) is 9.18 Å². The van der Waals surface area contributed by atoms with Gasteiger partial charge >= 0.3 is 5.97 Å². The molecular formula is C17H12BrFO3. The Bertz CT molecular complexity index is 708. The number of rotatable bonds is 5. The van der Waals surface area contributed by atoms with E-state index in [1.165, 1.54) is 36.4 Å². The first-order valence-electron chi connectivity index (χ1n) is 6.44. The Balaban J connectivity index is 1.87. The maximum Gasteiger partial charge on any atom is 0.331 e. The van der Waals surface area contributed by atoms with E-state index in [0.717, 1.165) is 4.47 Å². The molecular weight excluding hydrogens is 351 g/mol. The molecule has 0 spiro atoms. The van der Waals surface area contributed by atoms with Crippen LogP contribution in [-0.4, -0.2) is 18.4 Å². The molecule has 3 nitrogen and oxygen atoms in total. The van der Waals surface area contributed by atoms with Crippen LogP contribution >= 0.6 is 15.9 Å². The smallest absolute Gasteiger partial charge is 0.331 e. The van der Waals surface area contributed by atoms with Gasteiger partial charge in [0.15, 0.2) is 12.4 Å². The van der Waals surface area contributed by atoms with Crippen LogP contribution in [0.4, 0.5) is 4.39 Å².